The van der Waals surface area contributed by atoms with Crippen LogP contribution in [0, 0.1) is 5.92 Å². The van der Waals surface area contributed by atoms with Gasteiger partial charge in [0.1, 0.15) is 5.75 Å². The Hall–Kier alpha value is -2.86. The fourth-order valence-corrected chi connectivity index (χ4v) is 3.95. The van der Waals surface area contributed by atoms with Gasteiger partial charge in [-0.25, -0.2) is 0 Å². The number of methoxy groups -OCH3 is 1. The number of ether oxygens (including phenoxy) is 1. The van der Waals surface area contributed by atoms with E-state index in [0.717, 1.165) is 42.9 Å². The molecule has 6 nitrogen and oxygen atoms in total. The van der Waals surface area contributed by atoms with Crippen molar-refractivity contribution in [2.24, 2.45) is 5.92 Å². The van der Waals surface area contributed by atoms with Crippen LogP contribution in [0.4, 0.5) is 5.69 Å². The van der Waals surface area contributed by atoms with E-state index in [2.05, 4.69) is 21.6 Å². The van der Waals surface area contributed by atoms with Gasteiger partial charge in [-0.15, -0.1) is 0 Å². The third-order valence-electron chi connectivity index (χ3n) is 5.88. The van der Waals surface area contributed by atoms with Crippen molar-refractivity contribution in [3.05, 3.63) is 59.7 Å². The molecule has 0 spiro atoms. The molecule has 1 heterocycles. The van der Waals surface area contributed by atoms with Crippen LogP contribution in [0.2, 0.25) is 0 Å². The maximum atomic E-state index is 12.7. The lowest BCUT2D eigenvalue weighted by molar-refractivity contribution is -0.117. The number of anilines is 1. The zero-order valence-corrected chi connectivity index (χ0v) is 17.4. The van der Waals surface area contributed by atoms with Crippen LogP contribution in [0.15, 0.2) is 48.5 Å². The zero-order valence-electron chi connectivity index (χ0n) is 17.4. The first-order valence-electron chi connectivity index (χ1n) is 10.7. The van der Waals surface area contributed by atoms with Crippen molar-refractivity contribution >= 4 is 17.5 Å². The van der Waals surface area contributed by atoms with Gasteiger partial charge in [-0.2, -0.15) is 0 Å². The van der Waals surface area contributed by atoms with Gasteiger partial charge in [0.25, 0.3) is 5.91 Å². The number of rotatable bonds is 8. The predicted octanol–water partition coefficient (Wildman–Crippen LogP) is 3.61. The van der Waals surface area contributed by atoms with Crippen molar-refractivity contribution < 1.29 is 14.3 Å². The minimum absolute atomic E-state index is 0.0685. The molecule has 2 N–H and O–H groups in total. The van der Waals surface area contributed by atoms with Gasteiger partial charge in [0.15, 0.2) is 0 Å². The first kappa shape index (κ1) is 20.4. The van der Waals surface area contributed by atoms with Gasteiger partial charge in [0.05, 0.1) is 13.2 Å². The average molecular weight is 408 g/mol. The molecule has 4 rings (SSSR count). The SMILES string of the molecule is COc1cccc([C@H](CNC(=O)c2ccc(NC(=O)C3CC3)cc2)N2CCCC2)c1. The van der Waals surface area contributed by atoms with Gasteiger partial charge in [0, 0.05) is 23.7 Å². The molecule has 1 saturated carbocycles. The van der Waals surface area contributed by atoms with Crippen molar-refractivity contribution in [2.45, 2.75) is 31.7 Å². The highest BCUT2D eigenvalue weighted by Gasteiger charge is 2.29. The van der Waals surface area contributed by atoms with Crippen LogP contribution in [0.5, 0.6) is 5.75 Å². The van der Waals surface area contributed by atoms with Gasteiger partial charge >= 0.3 is 0 Å². The Balaban J connectivity index is 1.39. The molecule has 1 aliphatic heterocycles. The Morgan fingerprint density at radius 1 is 1.10 bits per heavy atom. The number of hydrogen-bond acceptors (Lipinski definition) is 4. The minimum Gasteiger partial charge on any atom is -0.497 e. The Morgan fingerprint density at radius 3 is 2.50 bits per heavy atom. The van der Waals surface area contributed by atoms with Gasteiger partial charge in [-0.1, -0.05) is 12.1 Å². The molecule has 0 bridgehead atoms. The number of nitrogens with one attached hydrogen (secondary N) is 2. The van der Waals surface area contributed by atoms with Crippen molar-refractivity contribution in [3.63, 3.8) is 0 Å². The molecule has 1 aliphatic carbocycles. The zero-order chi connectivity index (χ0) is 20.9. The summed E-state index contributed by atoms with van der Waals surface area (Å²) in [6.45, 7) is 2.60. The number of benzene rings is 2. The van der Waals surface area contributed by atoms with E-state index in [4.69, 9.17) is 4.74 Å². The van der Waals surface area contributed by atoms with Crippen LogP contribution < -0.4 is 15.4 Å². The molecule has 2 aromatic rings. The van der Waals surface area contributed by atoms with Crippen molar-refractivity contribution in [2.75, 3.05) is 32.1 Å². The fourth-order valence-electron chi connectivity index (χ4n) is 3.95. The van der Waals surface area contributed by atoms with Crippen LogP contribution in [-0.2, 0) is 4.79 Å². The van der Waals surface area contributed by atoms with Crippen molar-refractivity contribution in [1.82, 2.24) is 10.2 Å². The molecule has 2 aromatic carbocycles. The summed E-state index contributed by atoms with van der Waals surface area (Å²) in [6.07, 6.45) is 4.31. The van der Waals surface area contributed by atoms with Crippen molar-refractivity contribution in [1.29, 1.82) is 0 Å². The molecule has 1 atom stereocenters. The number of hydrogen-bond donors (Lipinski definition) is 2. The third kappa shape index (κ3) is 5.00. The first-order valence-corrected chi connectivity index (χ1v) is 10.7. The summed E-state index contributed by atoms with van der Waals surface area (Å²) in [4.78, 5) is 27.0. The maximum Gasteiger partial charge on any atom is 0.251 e. The molecule has 30 heavy (non-hydrogen) atoms. The quantitative estimate of drug-likeness (QED) is 0.701. The van der Waals surface area contributed by atoms with Crippen LogP contribution in [0.25, 0.3) is 0 Å². The van der Waals surface area contributed by atoms with Gasteiger partial charge in [-0.05, 0) is 80.7 Å². The number of amides is 2. The minimum atomic E-state index is -0.109. The van der Waals surface area contributed by atoms with E-state index in [9.17, 15) is 9.59 Å². The van der Waals surface area contributed by atoms with Gasteiger partial charge in [0.2, 0.25) is 5.91 Å². The second-order valence-electron chi connectivity index (χ2n) is 8.09. The summed E-state index contributed by atoms with van der Waals surface area (Å²) in [7, 11) is 1.67. The predicted molar refractivity (Wildman–Crippen MR) is 117 cm³/mol. The number of carbonyl (C=O) groups is 2. The normalized spacial score (nSPS) is 17.4. The van der Waals surface area contributed by atoms with E-state index in [1.165, 1.54) is 12.8 Å². The van der Waals surface area contributed by atoms with E-state index >= 15 is 0 Å². The average Bonchev–Trinajstić information content (AvgIpc) is 3.50. The first-order chi connectivity index (χ1) is 14.6. The standard InChI is InChI=1S/C24H29N3O3/c1-30-21-6-4-5-19(15-21)22(27-13-2-3-14-27)16-25-23(28)17-9-11-20(12-10-17)26-24(29)18-7-8-18/h4-6,9-12,15,18,22H,2-3,7-8,13-14,16H2,1H3,(H,25,28)(H,26,29)/t22-/m0/s1. The molecule has 158 valence electrons. The Morgan fingerprint density at radius 2 is 1.83 bits per heavy atom. The van der Waals surface area contributed by atoms with Crippen LogP contribution in [0.3, 0.4) is 0 Å². The lowest BCUT2D eigenvalue weighted by atomic mass is 10.0. The summed E-state index contributed by atoms with van der Waals surface area (Å²) in [5, 5.41) is 5.99. The number of carbonyl (C=O) groups excluding carboxylic acids is 2. The summed E-state index contributed by atoms with van der Waals surface area (Å²) < 4.78 is 5.38. The highest BCUT2D eigenvalue weighted by molar-refractivity contribution is 5.96. The highest BCUT2D eigenvalue weighted by atomic mass is 16.5. The molecule has 2 aliphatic rings. The monoisotopic (exact) mass is 407 g/mol. The third-order valence-corrected chi connectivity index (χ3v) is 5.88. The molecular formula is C24H29N3O3. The number of nitrogens with zero attached hydrogens (tertiary/aromatic N) is 1. The molecular weight excluding hydrogens is 378 g/mol. The molecule has 1 saturated heterocycles. The fraction of sp³-hybridized carbons (Fsp3) is 0.417. The van der Waals surface area contributed by atoms with E-state index < -0.39 is 0 Å². The van der Waals surface area contributed by atoms with Gasteiger partial charge in [-0.3, -0.25) is 14.5 Å². The smallest absolute Gasteiger partial charge is 0.251 e. The lowest BCUT2D eigenvalue weighted by Crippen LogP contribution is -2.36. The molecule has 6 heteroatoms. The van der Waals surface area contributed by atoms with Crippen LogP contribution in [0.1, 0.15) is 47.6 Å². The molecule has 0 aromatic heterocycles. The van der Waals surface area contributed by atoms with Crippen LogP contribution >= 0.6 is 0 Å². The highest BCUT2D eigenvalue weighted by Crippen LogP contribution is 2.30. The van der Waals surface area contributed by atoms with Gasteiger partial charge < -0.3 is 15.4 Å². The summed E-state index contributed by atoms with van der Waals surface area (Å²) in [6, 6.07) is 15.3. The summed E-state index contributed by atoms with van der Waals surface area (Å²) in [5.74, 6) is 0.945. The Bertz CT molecular complexity index is 887. The van der Waals surface area contributed by atoms with E-state index in [1.54, 1.807) is 31.4 Å². The largest absolute Gasteiger partial charge is 0.497 e. The second kappa shape index (κ2) is 9.30. The topological polar surface area (TPSA) is 70.7 Å². The van der Waals surface area contributed by atoms with Crippen molar-refractivity contribution in [3.8, 4) is 5.75 Å². The molecule has 0 radical (unpaired) electrons. The lowest BCUT2D eigenvalue weighted by Gasteiger charge is -2.28. The Labute approximate surface area is 177 Å². The molecule has 2 fully saturated rings. The van der Waals surface area contributed by atoms with E-state index in [-0.39, 0.29) is 23.8 Å². The van der Waals surface area contributed by atoms with E-state index in [1.807, 2.05) is 18.2 Å². The second-order valence-corrected chi connectivity index (χ2v) is 8.09. The maximum absolute atomic E-state index is 12.7. The van der Waals surface area contributed by atoms with E-state index in [0.29, 0.717) is 12.1 Å². The summed E-state index contributed by atoms with van der Waals surface area (Å²) >= 11 is 0. The molecule has 2 amide bonds. The Kier molecular flexibility index (Phi) is 6.33. The summed E-state index contributed by atoms with van der Waals surface area (Å²) in [5.41, 5.74) is 2.47. The van der Waals surface area contributed by atoms with Crippen LogP contribution in [-0.4, -0.2) is 43.5 Å². The molecule has 0 unspecified atom stereocenters. The number of likely N-dealkylation sites (tertiary alicyclic amines) is 1.